The topological polar surface area (TPSA) is 38.8 Å². The van der Waals surface area contributed by atoms with Gasteiger partial charge in [0.25, 0.3) is 0 Å². The van der Waals surface area contributed by atoms with Gasteiger partial charge in [-0.15, -0.1) is 0 Å². The van der Waals surface area contributed by atoms with E-state index in [1.54, 1.807) is 14.2 Å². The maximum absolute atomic E-state index is 12.3. The van der Waals surface area contributed by atoms with Crippen LogP contribution in [0, 0.1) is 5.92 Å². The Morgan fingerprint density at radius 1 is 1.24 bits per heavy atom. The van der Waals surface area contributed by atoms with Gasteiger partial charge in [-0.1, -0.05) is 13.3 Å². The third-order valence-electron chi connectivity index (χ3n) is 4.78. The number of amides is 1. The third kappa shape index (κ3) is 2.27. The van der Waals surface area contributed by atoms with Crippen molar-refractivity contribution in [3.63, 3.8) is 0 Å². The van der Waals surface area contributed by atoms with Crippen LogP contribution in [0.3, 0.4) is 0 Å². The average Bonchev–Trinajstić information content (AvgIpc) is 2.82. The number of ether oxygens (including phenoxy) is 2. The van der Waals surface area contributed by atoms with Crippen LogP contribution in [-0.2, 0) is 11.2 Å². The fraction of sp³-hybridized carbons (Fsp3) is 0.588. The molecule has 4 heteroatoms. The summed E-state index contributed by atoms with van der Waals surface area (Å²) in [6, 6.07) is 4.38. The summed E-state index contributed by atoms with van der Waals surface area (Å²) >= 11 is 0. The van der Waals surface area contributed by atoms with Crippen LogP contribution >= 0.6 is 0 Å². The van der Waals surface area contributed by atoms with Crippen LogP contribution < -0.4 is 9.47 Å². The summed E-state index contributed by atoms with van der Waals surface area (Å²) < 4.78 is 10.8. The first-order valence-corrected chi connectivity index (χ1v) is 7.73. The highest BCUT2D eigenvalue weighted by Gasteiger charge is 2.43. The molecular weight excluding hydrogens is 266 g/mol. The van der Waals surface area contributed by atoms with Crippen molar-refractivity contribution in [1.82, 2.24) is 4.90 Å². The average molecular weight is 289 g/mol. The van der Waals surface area contributed by atoms with E-state index in [-0.39, 0.29) is 6.04 Å². The molecule has 0 aliphatic carbocycles. The predicted molar refractivity (Wildman–Crippen MR) is 80.7 cm³/mol. The molecular formula is C17H23NO3. The van der Waals surface area contributed by atoms with Crippen LogP contribution in [0.4, 0.5) is 0 Å². The summed E-state index contributed by atoms with van der Waals surface area (Å²) in [4.78, 5) is 14.3. The number of hydrogen-bond acceptors (Lipinski definition) is 3. The Bertz CT molecular complexity index is 555. The van der Waals surface area contributed by atoms with E-state index in [2.05, 4.69) is 24.0 Å². The molecule has 0 spiro atoms. The van der Waals surface area contributed by atoms with Crippen molar-refractivity contribution < 1.29 is 14.3 Å². The molecule has 2 aliphatic rings. The van der Waals surface area contributed by atoms with Crippen LogP contribution in [0.5, 0.6) is 11.5 Å². The van der Waals surface area contributed by atoms with Gasteiger partial charge in [0, 0.05) is 13.0 Å². The van der Waals surface area contributed by atoms with Crippen molar-refractivity contribution in [2.75, 3.05) is 20.8 Å². The Morgan fingerprint density at radius 2 is 1.95 bits per heavy atom. The fourth-order valence-electron chi connectivity index (χ4n) is 3.85. The molecule has 0 saturated carbocycles. The molecule has 4 nitrogen and oxygen atoms in total. The molecule has 1 amide bonds. The summed E-state index contributed by atoms with van der Waals surface area (Å²) in [5.74, 6) is 2.27. The monoisotopic (exact) mass is 289 g/mol. The van der Waals surface area contributed by atoms with Crippen molar-refractivity contribution in [2.24, 2.45) is 5.92 Å². The normalized spacial score (nSPS) is 23.8. The molecule has 2 heterocycles. The summed E-state index contributed by atoms with van der Waals surface area (Å²) in [5.41, 5.74) is 2.55. The fourth-order valence-corrected chi connectivity index (χ4v) is 3.85. The van der Waals surface area contributed by atoms with E-state index in [4.69, 9.17) is 9.47 Å². The molecule has 2 aliphatic heterocycles. The number of rotatable bonds is 4. The summed E-state index contributed by atoms with van der Waals surface area (Å²) in [7, 11) is 3.33. The lowest BCUT2D eigenvalue weighted by molar-refractivity contribution is -0.129. The first-order chi connectivity index (χ1) is 10.2. The van der Waals surface area contributed by atoms with E-state index >= 15 is 0 Å². The van der Waals surface area contributed by atoms with E-state index in [0.717, 1.165) is 37.3 Å². The number of carbonyl (C=O) groups is 1. The van der Waals surface area contributed by atoms with Crippen molar-refractivity contribution in [3.8, 4) is 11.5 Å². The Labute approximate surface area is 126 Å². The number of hydrogen-bond donors (Lipinski definition) is 0. The molecule has 21 heavy (non-hydrogen) atoms. The van der Waals surface area contributed by atoms with E-state index in [9.17, 15) is 4.79 Å². The van der Waals surface area contributed by atoms with E-state index in [0.29, 0.717) is 18.2 Å². The van der Waals surface area contributed by atoms with Crippen LogP contribution in [0.15, 0.2) is 12.1 Å². The van der Waals surface area contributed by atoms with E-state index < -0.39 is 0 Å². The minimum Gasteiger partial charge on any atom is -0.493 e. The second-order valence-corrected chi connectivity index (χ2v) is 5.94. The SMILES string of the molecule is CCC[C@@H]1CC(=O)N2CCc3cc(OC)c(OC)cc3[C@H]12. The van der Waals surface area contributed by atoms with Gasteiger partial charge in [-0.2, -0.15) is 0 Å². The molecule has 0 bridgehead atoms. The number of fused-ring (bicyclic) bond motifs is 3. The second-order valence-electron chi connectivity index (χ2n) is 5.94. The highest BCUT2D eigenvalue weighted by atomic mass is 16.5. The zero-order valence-corrected chi connectivity index (χ0v) is 13.0. The van der Waals surface area contributed by atoms with Crippen LogP contribution in [0.25, 0.3) is 0 Å². The Morgan fingerprint density at radius 3 is 2.62 bits per heavy atom. The van der Waals surface area contributed by atoms with Gasteiger partial charge in [-0.3, -0.25) is 4.79 Å². The first kappa shape index (κ1) is 14.2. The zero-order chi connectivity index (χ0) is 15.0. The first-order valence-electron chi connectivity index (χ1n) is 7.73. The van der Waals surface area contributed by atoms with Crippen LogP contribution in [-0.4, -0.2) is 31.6 Å². The van der Waals surface area contributed by atoms with Gasteiger partial charge in [0.2, 0.25) is 5.91 Å². The second kappa shape index (κ2) is 5.58. The minimum absolute atomic E-state index is 0.223. The Hall–Kier alpha value is -1.71. The highest BCUT2D eigenvalue weighted by molar-refractivity contribution is 5.80. The smallest absolute Gasteiger partial charge is 0.223 e. The minimum atomic E-state index is 0.223. The molecule has 1 fully saturated rings. The van der Waals surface area contributed by atoms with Crippen LogP contribution in [0.1, 0.15) is 43.4 Å². The number of nitrogens with zero attached hydrogens (tertiary/aromatic N) is 1. The molecule has 3 rings (SSSR count). The Balaban J connectivity index is 2.05. The van der Waals surface area contributed by atoms with Crippen LogP contribution in [0.2, 0.25) is 0 Å². The zero-order valence-electron chi connectivity index (χ0n) is 13.0. The van der Waals surface area contributed by atoms with Gasteiger partial charge < -0.3 is 14.4 Å². The molecule has 114 valence electrons. The molecule has 1 aromatic carbocycles. The molecule has 2 atom stereocenters. The summed E-state index contributed by atoms with van der Waals surface area (Å²) in [5, 5.41) is 0. The molecule has 1 aromatic rings. The molecule has 0 unspecified atom stereocenters. The van der Waals surface area contributed by atoms with Gasteiger partial charge in [-0.25, -0.2) is 0 Å². The largest absolute Gasteiger partial charge is 0.493 e. The molecule has 0 N–H and O–H groups in total. The maximum atomic E-state index is 12.3. The quantitative estimate of drug-likeness (QED) is 0.855. The maximum Gasteiger partial charge on any atom is 0.223 e. The number of methoxy groups -OCH3 is 2. The van der Waals surface area contributed by atoms with E-state index in [1.165, 1.54) is 11.1 Å². The lowest BCUT2D eigenvalue weighted by Gasteiger charge is -2.35. The van der Waals surface area contributed by atoms with Gasteiger partial charge in [-0.05, 0) is 42.0 Å². The van der Waals surface area contributed by atoms with Gasteiger partial charge in [0.15, 0.2) is 11.5 Å². The van der Waals surface area contributed by atoms with Crippen molar-refractivity contribution >= 4 is 5.91 Å². The Kier molecular flexibility index (Phi) is 3.79. The standard InChI is InChI=1S/C17H23NO3/c1-4-5-12-9-16(19)18-7-6-11-8-14(20-2)15(21-3)10-13(11)17(12)18/h8,10,12,17H,4-7,9H2,1-3H3/t12-,17+/m1/s1. The third-order valence-corrected chi connectivity index (χ3v) is 4.78. The van der Waals surface area contributed by atoms with Crippen molar-refractivity contribution in [2.45, 2.75) is 38.6 Å². The van der Waals surface area contributed by atoms with Crippen molar-refractivity contribution in [1.29, 1.82) is 0 Å². The van der Waals surface area contributed by atoms with Gasteiger partial charge in [0.1, 0.15) is 0 Å². The predicted octanol–water partition coefficient (Wildman–Crippen LogP) is 2.95. The molecule has 1 saturated heterocycles. The molecule has 0 radical (unpaired) electrons. The van der Waals surface area contributed by atoms with Crippen molar-refractivity contribution in [3.05, 3.63) is 23.3 Å². The lowest BCUT2D eigenvalue weighted by Crippen LogP contribution is -2.35. The number of carbonyl (C=O) groups excluding carboxylic acids is 1. The molecule has 0 aromatic heterocycles. The summed E-state index contributed by atoms with van der Waals surface area (Å²) in [6.07, 6.45) is 3.80. The highest BCUT2D eigenvalue weighted by Crippen LogP contribution is 2.46. The number of benzene rings is 1. The van der Waals surface area contributed by atoms with Gasteiger partial charge >= 0.3 is 0 Å². The van der Waals surface area contributed by atoms with Gasteiger partial charge in [0.05, 0.1) is 20.3 Å². The van der Waals surface area contributed by atoms with E-state index in [1.807, 2.05) is 0 Å². The lowest BCUT2D eigenvalue weighted by atomic mass is 9.84. The summed E-state index contributed by atoms with van der Waals surface area (Å²) in [6.45, 7) is 3.01.